The molecular formula is C26H27N3O2. The largest absolute Gasteiger partial charge is 0.488 e. The summed E-state index contributed by atoms with van der Waals surface area (Å²) in [5, 5.41) is 2.93. The zero-order valence-corrected chi connectivity index (χ0v) is 17.6. The Morgan fingerprint density at radius 1 is 0.968 bits per heavy atom. The number of nitrogens with one attached hydrogen (secondary N) is 1. The number of carbonyl (C=O) groups is 1. The Morgan fingerprint density at radius 2 is 1.74 bits per heavy atom. The summed E-state index contributed by atoms with van der Waals surface area (Å²) < 4.78 is 5.85. The van der Waals surface area contributed by atoms with Crippen LogP contribution in [0.25, 0.3) is 11.1 Å². The molecule has 1 saturated carbocycles. The first-order valence-electron chi connectivity index (χ1n) is 11.1. The van der Waals surface area contributed by atoms with E-state index in [0.717, 1.165) is 16.8 Å². The van der Waals surface area contributed by atoms with Crippen LogP contribution in [0.2, 0.25) is 0 Å². The van der Waals surface area contributed by atoms with Crippen molar-refractivity contribution >= 4 is 17.5 Å². The second-order valence-electron chi connectivity index (χ2n) is 8.30. The number of fused-ring (bicyclic) bond motifs is 1. The van der Waals surface area contributed by atoms with Crippen LogP contribution in [-0.2, 0) is 0 Å². The first-order chi connectivity index (χ1) is 15.3. The van der Waals surface area contributed by atoms with Crippen molar-refractivity contribution in [1.29, 1.82) is 0 Å². The predicted molar refractivity (Wildman–Crippen MR) is 124 cm³/mol. The van der Waals surface area contributed by atoms with Gasteiger partial charge in [-0.25, -0.2) is 9.78 Å². The lowest BCUT2D eigenvalue weighted by atomic mass is 9.84. The number of rotatable bonds is 3. The van der Waals surface area contributed by atoms with Crippen LogP contribution in [0, 0.1) is 0 Å². The average molecular weight is 414 g/mol. The molecule has 2 heterocycles. The molecule has 1 fully saturated rings. The third-order valence-corrected chi connectivity index (χ3v) is 6.25. The quantitative estimate of drug-likeness (QED) is 0.554. The number of carbonyl (C=O) groups excluding carboxylic acids is 1. The van der Waals surface area contributed by atoms with Crippen molar-refractivity contribution in [3.63, 3.8) is 0 Å². The monoisotopic (exact) mass is 413 g/mol. The molecule has 1 aliphatic heterocycles. The summed E-state index contributed by atoms with van der Waals surface area (Å²) >= 11 is 0. The van der Waals surface area contributed by atoms with Gasteiger partial charge in [-0.1, -0.05) is 61.7 Å². The van der Waals surface area contributed by atoms with E-state index in [-0.39, 0.29) is 6.03 Å². The predicted octanol–water partition coefficient (Wildman–Crippen LogP) is 6.23. The van der Waals surface area contributed by atoms with Crippen molar-refractivity contribution in [2.45, 2.75) is 38.0 Å². The molecule has 1 N–H and O–H groups in total. The summed E-state index contributed by atoms with van der Waals surface area (Å²) in [5.74, 6) is 1.90. The van der Waals surface area contributed by atoms with E-state index in [1.165, 1.54) is 37.7 Å². The third kappa shape index (κ3) is 4.26. The van der Waals surface area contributed by atoms with Crippen molar-refractivity contribution in [3.8, 4) is 16.9 Å². The molecule has 1 aromatic heterocycles. The topological polar surface area (TPSA) is 54.5 Å². The SMILES string of the molecule is O=C(Nc1ccccc1)N1CCOc2cc(-c3ccc(C4CCCCC4)cc3)cnc21. The molecule has 5 nitrogen and oxygen atoms in total. The van der Waals surface area contributed by atoms with Crippen LogP contribution in [0.5, 0.6) is 5.75 Å². The van der Waals surface area contributed by atoms with E-state index in [4.69, 9.17) is 4.74 Å². The summed E-state index contributed by atoms with van der Waals surface area (Å²) in [6, 6.07) is 20.1. The zero-order chi connectivity index (χ0) is 21.0. The molecule has 158 valence electrons. The highest BCUT2D eigenvalue weighted by Crippen LogP contribution is 2.36. The van der Waals surface area contributed by atoms with Crippen LogP contribution < -0.4 is 15.0 Å². The third-order valence-electron chi connectivity index (χ3n) is 6.25. The normalized spacial score (nSPS) is 16.3. The summed E-state index contributed by atoms with van der Waals surface area (Å²) in [6.07, 6.45) is 8.48. The summed E-state index contributed by atoms with van der Waals surface area (Å²) in [6.45, 7) is 0.912. The Labute approximate surface area is 183 Å². The molecule has 1 aliphatic carbocycles. The van der Waals surface area contributed by atoms with Gasteiger partial charge in [0, 0.05) is 17.4 Å². The van der Waals surface area contributed by atoms with Crippen LogP contribution in [-0.4, -0.2) is 24.2 Å². The highest BCUT2D eigenvalue weighted by molar-refractivity contribution is 6.02. The molecule has 2 aliphatic rings. The Morgan fingerprint density at radius 3 is 2.52 bits per heavy atom. The lowest BCUT2D eigenvalue weighted by molar-refractivity contribution is 0.249. The molecular weight excluding hydrogens is 386 g/mol. The maximum Gasteiger partial charge on any atom is 0.327 e. The van der Waals surface area contributed by atoms with Gasteiger partial charge in [0.05, 0.1) is 6.54 Å². The number of para-hydroxylation sites is 1. The van der Waals surface area contributed by atoms with E-state index in [1.807, 2.05) is 42.6 Å². The van der Waals surface area contributed by atoms with Gasteiger partial charge >= 0.3 is 6.03 Å². The zero-order valence-electron chi connectivity index (χ0n) is 17.6. The number of ether oxygens (including phenoxy) is 1. The summed E-state index contributed by atoms with van der Waals surface area (Å²) in [7, 11) is 0. The molecule has 0 unspecified atom stereocenters. The second-order valence-corrected chi connectivity index (χ2v) is 8.30. The number of pyridine rings is 1. The molecule has 5 rings (SSSR count). The van der Waals surface area contributed by atoms with Gasteiger partial charge in [-0.15, -0.1) is 0 Å². The number of nitrogens with zero attached hydrogens (tertiary/aromatic N) is 2. The first-order valence-corrected chi connectivity index (χ1v) is 11.1. The summed E-state index contributed by atoms with van der Waals surface area (Å²) in [5.41, 5.74) is 4.31. The molecule has 0 saturated heterocycles. The van der Waals surface area contributed by atoms with E-state index in [2.05, 4.69) is 34.6 Å². The van der Waals surface area contributed by atoms with Crippen molar-refractivity contribution in [1.82, 2.24) is 4.98 Å². The second kappa shape index (κ2) is 8.80. The first kappa shape index (κ1) is 19.6. The smallest absolute Gasteiger partial charge is 0.327 e. The van der Waals surface area contributed by atoms with E-state index < -0.39 is 0 Å². The number of aromatic nitrogens is 1. The molecule has 0 bridgehead atoms. The average Bonchev–Trinajstić information content (AvgIpc) is 2.84. The van der Waals surface area contributed by atoms with Gasteiger partial charge in [-0.2, -0.15) is 0 Å². The van der Waals surface area contributed by atoms with Crippen LogP contribution in [0.1, 0.15) is 43.6 Å². The minimum atomic E-state index is -0.201. The maximum absolute atomic E-state index is 12.8. The Kier molecular flexibility index (Phi) is 5.57. The molecule has 5 heteroatoms. The van der Waals surface area contributed by atoms with Crippen molar-refractivity contribution in [2.24, 2.45) is 0 Å². The van der Waals surface area contributed by atoms with Gasteiger partial charge in [0.15, 0.2) is 11.6 Å². The van der Waals surface area contributed by atoms with E-state index in [1.54, 1.807) is 4.90 Å². The van der Waals surface area contributed by atoms with Crippen molar-refractivity contribution in [2.75, 3.05) is 23.4 Å². The highest BCUT2D eigenvalue weighted by Gasteiger charge is 2.26. The van der Waals surface area contributed by atoms with Crippen molar-refractivity contribution in [3.05, 3.63) is 72.4 Å². The number of benzene rings is 2. The fourth-order valence-electron chi connectivity index (χ4n) is 4.55. The molecule has 0 atom stereocenters. The minimum Gasteiger partial charge on any atom is -0.488 e. The number of hydrogen-bond acceptors (Lipinski definition) is 3. The Bertz CT molecular complexity index is 1040. The molecule has 2 aromatic carbocycles. The van der Waals surface area contributed by atoms with Crippen LogP contribution >= 0.6 is 0 Å². The van der Waals surface area contributed by atoms with Crippen LogP contribution in [0.4, 0.5) is 16.3 Å². The van der Waals surface area contributed by atoms with Gasteiger partial charge < -0.3 is 10.1 Å². The van der Waals surface area contributed by atoms with Crippen LogP contribution in [0.3, 0.4) is 0 Å². The van der Waals surface area contributed by atoms with Crippen LogP contribution in [0.15, 0.2) is 66.9 Å². The van der Waals surface area contributed by atoms with Gasteiger partial charge in [-0.05, 0) is 48.1 Å². The van der Waals surface area contributed by atoms with Gasteiger partial charge in [0.2, 0.25) is 0 Å². The number of urea groups is 1. The Balaban J connectivity index is 1.34. The molecule has 31 heavy (non-hydrogen) atoms. The molecule has 0 spiro atoms. The fraction of sp³-hybridized carbons (Fsp3) is 0.308. The number of amides is 2. The minimum absolute atomic E-state index is 0.201. The van der Waals surface area contributed by atoms with Gasteiger partial charge in [0.1, 0.15) is 6.61 Å². The number of hydrogen-bond donors (Lipinski definition) is 1. The number of anilines is 2. The van der Waals surface area contributed by atoms with Crippen molar-refractivity contribution < 1.29 is 9.53 Å². The fourth-order valence-corrected chi connectivity index (χ4v) is 4.55. The van der Waals surface area contributed by atoms with E-state index in [0.29, 0.717) is 30.6 Å². The molecule has 2 amide bonds. The summed E-state index contributed by atoms with van der Waals surface area (Å²) in [4.78, 5) is 19.0. The lowest BCUT2D eigenvalue weighted by Crippen LogP contribution is -2.41. The van der Waals surface area contributed by atoms with Gasteiger partial charge in [-0.3, -0.25) is 4.90 Å². The Hall–Kier alpha value is -3.34. The lowest BCUT2D eigenvalue weighted by Gasteiger charge is -2.28. The van der Waals surface area contributed by atoms with E-state index in [9.17, 15) is 4.79 Å². The maximum atomic E-state index is 12.8. The van der Waals surface area contributed by atoms with Gasteiger partial charge in [0.25, 0.3) is 0 Å². The molecule has 0 radical (unpaired) electrons. The van der Waals surface area contributed by atoms with E-state index >= 15 is 0 Å². The molecule has 3 aromatic rings. The standard InChI is InChI=1S/C26H27N3O2/c30-26(28-23-9-5-2-6-10-23)29-15-16-31-24-17-22(18-27-25(24)29)21-13-11-20(12-14-21)19-7-3-1-4-8-19/h2,5-6,9-14,17-19H,1,3-4,7-8,15-16H2,(H,28,30). The highest BCUT2D eigenvalue weighted by atomic mass is 16.5.